The lowest BCUT2D eigenvalue weighted by atomic mass is 9.87. The number of unbranched alkanes of at least 4 members (excludes halogenated alkanes) is 5. The Kier molecular flexibility index (Phi) is 7.38. The predicted molar refractivity (Wildman–Crippen MR) is 81.4 cm³/mol. The lowest BCUT2D eigenvalue weighted by molar-refractivity contribution is 0.174. The van der Waals surface area contributed by atoms with Gasteiger partial charge in [0.25, 0.3) is 0 Å². The number of rotatable bonds is 10. The van der Waals surface area contributed by atoms with Crippen molar-refractivity contribution < 1.29 is 0 Å². The molecular formula is C16H32N2. The van der Waals surface area contributed by atoms with E-state index in [1.54, 1.807) is 0 Å². The maximum Gasteiger partial charge on any atom is 0.0855 e. The van der Waals surface area contributed by atoms with Gasteiger partial charge < -0.3 is 4.90 Å². The van der Waals surface area contributed by atoms with E-state index < -0.39 is 0 Å². The minimum absolute atomic E-state index is 0.364. The van der Waals surface area contributed by atoms with Crippen molar-refractivity contribution in [2.24, 2.45) is 4.99 Å². The molecule has 0 aromatic rings. The van der Waals surface area contributed by atoms with Crippen molar-refractivity contribution in [1.82, 2.24) is 4.90 Å². The van der Waals surface area contributed by atoms with E-state index in [0.717, 1.165) is 13.1 Å². The third-order valence-corrected chi connectivity index (χ3v) is 4.27. The van der Waals surface area contributed by atoms with Gasteiger partial charge in [0, 0.05) is 12.1 Å². The van der Waals surface area contributed by atoms with Crippen LogP contribution in [0.2, 0.25) is 0 Å². The first kappa shape index (κ1) is 15.5. The summed E-state index contributed by atoms with van der Waals surface area (Å²) in [5.41, 5.74) is 0.364. The lowest BCUT2D eigenvalue weighted by Gasteiger charge is -2.39. The van der Waals surface area contributed by atoms with Crippen LogP contribution in [0, 0.1) is 0 Å². The Morgan fingerprint density at radius 3 is 2.17 bits per heavy atom. The molecule has 0 saturated carbocycles. The van der Waals surface area contributed by atoms with Gasteiger partial charge in [0.1, 0.15) is 0 Å². The summed E-state index contributed by atoms with van der Waals surface area (Å²) in [5, 5.41) is 0. The fourth-order valence-corrected chi connectivity index (χ4v) is 2.89. The van der Waals surface area contributed by atoms with Crippen molar-refractivity contribution in [1.29, 1.82) is 0 Å². The highest BCUT2D eigenvalue weighted by Gasteiger charge is 2.30. The average molecular weight is 252 g/mol. The molecule has 1 atom stereocenters. The second-order valence-corrected chi connectivity index (χ2v) is 5.98. The van der Waals surface area contributed by atoms with Crippen molar-refractivity contribution in [2.45, 2.75) is 84.1 Å². The van der Waals surface area contributed by atoms with E-state index >= 15 is 0 Å². The fourth-order valence-electron chi connectivity index (χ4n) is 2.89. The van der Waals surface area contributed by atoms with E-state index in [9.17, 15) is 0 Å². The summed E-state index contributed by atoms with van der Waals surface area (Å²) in [5.74, 6) is 0. The molecule has 0 aliphatic carbocycles. The molecule has 1 aliphatic rings. The van der Waals surface area contributed by atoms with Crippen LogP contribution in [0.15, 0.2) is 4.99 Å². The minimum Gasteiger partial charge on any atom is -0.356 e. The summed E-state index contributed by atoms with van der Waals surface area (Å²) >= 11 is 0. The van der Waals surface area contributed by atoms with Gasteiger partial charge in [-0.15, -0.1) is 0 Å². The fraction of sp³-hybridized carbons (Fsp3) is 0.938. The smallest absolute Gasteiger partial charge is 0.0855 e. The van der Waals surface area contributed by atoms with Crippen LogP contribution < -0.4 is 0 Å². The molecule has 1 aliphatic heterocycles. The number of hydrogen-bond acceptors (Lipinski definition) is 2. The van der Waals surface area contributed by atoms with Gasteiger partial charge in [-0.3, -0.25) is 4.99 Å². The maximum atomic E-state index is 4.40. The van der Waals surface area contributed by atoms with Gasteiger partial charge in [-0.05, 0) is 19.8 Å². The van der Waals surface area contributed by atoms with Gasteiger partial charge in [-0.2, -0.15) is 0 Å². The topological polar surface area (TPSA) is 15.6 Å². The Morgan fingerprint density at radius 1 is 1.00 bits per heavy atom. The second kappa shape index (κ2) is 8.55. The van der Waals surface area contributed by atoms with Crippen molar-refractivity contribution >= 4 is 6.34 Å². The van der Waals surface area contributed by atoms with Gasteiger partial charge >= 0.3 is 0 Å². The Labute approximate surface area is 114 Å². The van der Waals surface area contributed by atoms with Crippen LogP contribution in [0.25, 0.3) is 0 Å². The van der Waals surface area contributed by atoms with Crippen LogP contribution in [-0.2, 0) is 0 Å². The molecule has 18 heavy (non-hydrogen) atoms. The van der Waals surface area contributed by atoms with E-state index in [2.05, 4.69) is 37.0 Å². The zero-order valence-electron chi connectivity index (χ0n) is 12.7. The number of aliphatic imine (C=N–C) groups is 1. The van der Waals surface area contributed by atoms with Gasteiger partial charge in [-0.1, -0.05) is 58.8 Å². The van der Waals surface area contributed by atoms with Crippen LogP contribution in [0.3, 0.4) is 0 Å². The largest absolute Gasteiger partial charge is 0.356 e. The maximum absolute atomic E-state index is 4.40. The zero-order valence-corrected chi connectivity index (χ0v) is 12.7. The standard InChI is InChI=1S/C16H32N2/c1-4-6-8-10-12-16(3,11-9-7-5-2)18-14-13-17-15-18/h15H,4-14H2,1-3H3. The SMILES string of the molecule is CCCCCCC(C)(CCCCC)N1C=NCC1. The van der Waals surface area contributed by atoms with Crippen molar-refractivity contribution in [3.8, 4) is 0 Å². The summed E-state index contributed by atoms with van der Waals surface area (Å²) in [4.78, 5) is 6.91. The summed E-state index contributed by atoms with van der Waals surface area (Å²) in [6.45, 7) is 9.16. The molecule has 0 spiro atoms. The number of hydrogen-bond donors (Lipinski definition) is 0. The molecule has 0 fully saturated rings. The Balaban J connectivity index is 2.41. The van der Waals surface area contributed by atoms with E-state index in [-0.39, 0.29) is 0 Å². The molecular weight excluding hydrogens is 220 g/mol. The Bertz CT molecular complexity index is 237. The lowest BCUT2D eigenvalue weighted by Crippen LogP contribution is -2.44. The normalized spacial score (nSPS) is 18.3. The van der Waals surface area contributed by atoms with Crippen molar-refractivity contribution in [3.63, 3.8) is 0 Å². The van der Waals surface area contributed by atoms with E-state index in [1.165, 1.54) is 57.8 Å². The van der Waals surface area contributed by atoms with Crippen LogP contribution in [0.5, 0.6) is 0 Å². The summed E-state index contributed by atoms with van der Waals surface area (Å²) in [6, 6.07) is 0. The third-order valence-electron chi connectivity index (χ3n) is 4.27. The minimum atomic E-state index is 0.364. The van der Waals surface area contributed by atoms with E-state index in [1.807, 2.05) is 0 Å². The molecule has 1 unspecified atom stereocenters. The molecule has 0 aromatic heterocycles. The highest BCUT2D eigenvalue weighted by atomic mass is 15.3. The highest BCUT2D eigenvalue weighted by molar-refractivity contribution is 5.58. The van der Waals surface area contributed by atoms with Crippen LogP contribution >= 0.6 is 0 Å². The predicted octanol–water partition coefficient (Wildman–Crippen LogP) is 4.64. The first-order chi connectivity index (χ1) is 8.73. The zero-order chi connectivity index (χ0) is 13.3. The molecule has 2 nitrogen and oxygen atoms in total. The van der Waals surface area contributed by atoms with Crippen LogP contribution in [0.4, 0.5) is 0 Å². The first-order valence-electron chi connectivity index (χ1n) is 7.99. The van der Waals surface area contributed by atoms with Gasteiger partial charge in [-0.25, -0.2) is 0 Å². The highest BCUT2D eigenvalue weighted by Crippen LogP contribution is 2.29. The summed E-state index contributed by atoms with van der Waals surface area (Å²) in [6.07, 6.45) is 14.3. The molecule has 1 rings (SSSR count). The Hall–Kier alpha value is -0.530. The molecule has 0 bridgehead atoms. The summed E-state index contributed by atoms with van der Waals surface area (Å²) < 4.78 is 0. The molecule has 0 saturated heterocycles. The van der Waals surface area contributed by atoms with E-state index in [0.29, 0.717) is 5.54 Å². The molecule has 0 radical (unpaired) electrons. The van der Waals surface area contributed by atoms with Crippen molar-refractivity contribution in [2.75, 3.05) is 13.1 Å². The van der Waals surface area contributed by atoms with Gasteiger partial charge in [0.15, 0.2) is 0 Å². The molecule has 0 aromatic carbocycles. The molecule has 1 heterocycles. The van der Waals surface area contributed by atoms with Gasteiger partial charge in [0.2, 0.25) is 0 Å². The van der Waals surface area contributed by atoms with Crippen LogP contribution in [-0.4, -0.2) is 29.9 Å². The average Bonchev–Trinajstić information content (AvgIpc) is 2.89. The van der Waals surface area contributed by atoms with Crippen LogP contribution in [0.1, 0.15) is 78.6 Å². The van der Waals surface area contributed by atoms with E-state index in [4.69, 9.17) is 0 Å². The second-order valence-electron chi connectivity index (χ2n) is 5.98. The monoisotopic (exact) mass is 252 g/mol. The molecule has 0 amide bonds. The number of nitrogens with zero attached hydrogens (tertiary/aromatic N) is 2. The van der Waals surface area contributed by atoms with Crippen molar-refractivity contribution in [3.05, 3.63) is 0 Å². The quantitative estimate of drug-likeness (QED) is 0.517. The molecule has 106 valence electrons. The van der Waals surface area contributed by atoms with Gasteiger partial charge in [0.05, 0.1) is 12.9 Å². The third kappa shape index (κ3) is 4.99. The summed E-state index contributed by atoms with van der Waals surface area (Å²) in [7, 11) is 0. The first-order valence-corrected chi connectivity index (χ1v) is 7.99. The Morgan fingerprint density at radius 2 is 1.61 bits per heavy atom. The molecule has 2 heteroatoms. The molecule has 0 N–H and O–H groups in total.